The number of nitrogens with zero attached hydrogens (tertiary/aromatic N) is 1. The van der Waals surface area contributed by atoms with Crippen molar-refractivity contribution in [1.29, 1.82) is 0 Å². The summed E-state index contributed by atoms with van der Waals surface area (Å²) in [5.74, 6) is -0.0566. The normalized spacial score (nSPS) is 15.3. The van der Waals surface area contributed by atoms with E-state index < -0.39 is 0 Å². The highest BCUT2D eigenvalue weighted by molar-refractivity contribution is 7.20. The minimum atomic E-state index is -0.0566. The lowest BCUT2D eigenvalue weighted by atomic mass is 9.95. The monoisotopic (exact) mass is 353 g/mol. The molecular formula is C17H24ClN3OS. The maximum Gasteiger partial charge on any atom is 0.280 e. The van der Waals surface area contributed by atoms with Gasteiger partial charge in [-0.2, -0.15) is 0 Å². The summed E-state index contributed by atoms with van der Waals surface area (Å²) in [6, 6.07) is 8.54. The highest BCUT2D eigenvalue weighted by Gasteiger charge is 2.13. The van der Waals surface area contributed by atoms with Crippen molar-refractivity contribution in [2.75, 3.05) is 13.1 Å². The van der Waals surface area contributed by atoms with Gasteiger partial charge in [-0.05, 0) is 37.9 Å². The maximum atomic E-state index is 12.1. The summed E-state index contributed by atoms with van der Waals surface area (Å²) >= 11 is 1.45. The lowest BCUT2D eigenvalue weighted by molar-refractivity contribution is 0.0953. The van der Waals surface area contributed by atoms with Crippen LogP contribution in [0.1, 0.15) is 48.3 Å². The van der Waals surface area contributed by atoms with E-state index in [-0.39, 0.29) is 18.3 Å². The van der Waals surface area contributed by atoms with Gasteiger partial charge in [-0.15, -0.1) is 23.7 Å². The van der Waals surface area contributed by atoms with Gasteiger partial charge < -0.3 is 10.6 Å². The number of hydrogen-bond donors (Lipinski definition) is 2. The molecule has 0 aliphatic heterocycles. The van der Waals surface area contributed by atoms with E-state index in [4.69, 9.17) is 0 Å². The van der Waals surface area contributed by atoms with Gasteiger partial charge >= 0.3 is 0 Å². The molecular weight excluding hydrogens is 330 g/mol. The van der Waals surface area contributed by atoms with Crippen LogP contribution in [0, 0.1) is 0 Å². The van der Waals surface area contributed by atoms with Crippen LogP contribution in [-0.4, -0.2) is 30.0 Å². The molecule has 0 unspecified atom stereocenters. The average molecular weight is 354 g/mol. The number of halogens is 1. The van der Waals surface area contributed by atoms with Crippen LogP contribution in [0.4, 0.5) is 0 Å². The molecule has 0 atom stereocenters. The van der Waals surface area contributed by atoms with Gasteiger partial charge in [0.05, 0.1) is 10.2 Å². The second-order valence-corrected chi connectivity index (χ2v) is 6.92. The Morgan fingerprint density at radius 2 is 1.96 bits per heavy atom. The van der Waals surface area contributed by atoms with Gasteiger partial charge in [-0.25, -0.2) is 4.98 Å². The number of aromatic nitrogens is 1. The predicted octanol–water partition coefficient (Wildman–Crippen LogP) is 3.76. The third-order valence-electron chi connectivity index (χ3n) is 4.17. The first-order valence-corrected chi connectivity index (χ1v) is 9.02. The zero-order valence-corrected chi connectivity index (χ0v) is 14.8. The zero-order chi connectivity index (χ0) is 15.2. The molecule has 1 aromatic heterocycles. The molecule has 2 aromatic rings. The van der Waals surface area contributed by atoms with E-state index in [1.165, 1.54) is 43.4 Å². The molecule has 0 bridgehead atoms. The first kappa shape index (κ1) is 18.2. The molecule has 0 radical (unpaired) electrons. The molecule has 126 valence electrons. The Kier molecular flexibility index (Phi) is 7.27. The topological polar surface area (TPSA) is 54.0 Å². The van der Waals surface area contributed by atoms with Gasteiger partial charge in [-0.3, -0.25) is 4.79 Å². The number of para-hydroxylation sites is 1. The molecule has 4 nitrogen and oxygen atoms in total. The first-order valence-electron chi connectivity index (χ1n) is 8.20. The quantitative estimate of drug-likeness (QED) is 0.777. The maximum absolute atomic E-state index is 12.1. The number of fused-ring (bicyclic) bond motifs is 1. The first-order chi connectivity index (χ1) is 10.8. The summed E-state index contributed by atoms with van der Waals surface area (Å²) in [5, 5.41) is 7.12. The Bertz CT molecular complexity index is 592. The summed E-state index contributed by atoms with van der Waals surface area (Å²) in [5.41, 5.74) is 0.900. The van der Waals surface area contributed by atoms with E-state index in [2.05, 4.69) is 15.6 Å². The molecule has 2 N–H and O–H groups in total. The molecule has 1 aliphatic carbocycles. The van der Waals surface area contributed by atoms with Crippen LogP contribution >= 0.6 is 23.7 Å². The zero-order valence-electron chi connectivity index (χ0n) is 13.2. The molecule has 6 heteroatoms. The van der Waals surface area contributed by atoms with Gasteiger partial charge in [0.25, 0.3) is 5.91 Å². The Hall–Kier alpha value is -1.17. The van der Waals surface area contributed by atoms with E-state index in [9.17, 15) is 4.79 Å². The number of nitrogens with one attached hydrogen (secondary N) is 2. The van der Waals surface area contributed by atoms with Crippen molar-refractivity contribution in [1.82, 2.24) is 15.6 Å². The SMILES string of the molecule is Cl.O=C(NCCCNC1CCCCC1)c1nc2ccccc2s1. The van der Waals surface area contributed by atoms with Crippen molar-refractivity contribution < 1.29 is 4.79 Å². The summed E-state index contributed by atoms with van der Waals surface area (Å²) in [4.78, 5) is 16.5. The molecule has 3 rings (SSSR count). The number of hydrogen-bond acceptors (Lipinski definition) is 4. The standard InChI is InChI=1S/C17H23N3OS.ClH/c21-16(17-20-14-9-4-5-10-15(14)22-17)19-12-6-11-18-13-7-2-1-3-8-13;/h4-5,9-10,13,18H,1-3,6-8,11-12H2,(H,19,21);1H. The highest BCUT2D eigenvalue weighted by atomic mass is 35.5. The molecule has 1 aromatic carbocycles. The number of amides is 1. The number of thiazole rings is 1. The highest BCUT2D eigenvalue weighted by Crippen LogP contribution is 2.21. The van der Waals surface area contributed by atoms with Gasteiger partial charge in [0.2, 0.25) is 0 Å². The van der Waals surface area contributed by atoms with Crippen LogP contribution < -0.4 is 10.6 Å². The number of rotatable bonds is 6. The second-order valence-electron chi connectivity index (χ2n) is 5.89. The Labute approximate surface area is 147 Å². The Morgan fingerprint density at radius 1 is 1.17 bits per heavy atom. The van der Waals surface area contributed by atoms with Gasteiger partial charge in [-0.1, -0.05) is 31.4 Å². The smallest absolute Gasteiger partial charge is 0.280 e. The molecule has 1 aliphatic rings. The van der Waals surface area contributed by atoms with Crippen LogP contribution in [0.25, 0.3) is 10.2 Å². The number of carbonyl (C=O) groups excluding carboxylic acids is 1. The molecule has 1 amide bonds. The van der Waals surface area contributed by atoms with Crippen molar-refractivity contribution in [2.24, 2.45) is 0 Å². The fourth-order valence-corrected chi connectivity index (χ4v) is 3.83. The van der Waals surface area contributed by atoms with Crippen LogP contribution in [0.3, 0.4) is 0 Å². The van der Waals surface area contributed by atoms with Crippen molar-refractivity contribution in [3.05, 3.63) is 29.3 Å². The molecule has 1 saturated carbocycles. The van der Waals surface area contributed by atoms with Crippen LogP contribution in [0.5, 0.6) is 0 Å². The van der Waals surface area contributed by atoms with E-state index in [1.807, 2.05) is 24.3 Å². The lowest BCUT2D eigenvalue weighted by Gasteiger charge is -2.22. The Morgan fingerprint density at radius 3 is 2.74 bits per heavy atom. The fourth-order valence-electron chi connectivity index (χ4n) is 2.95. The second kappa shape index (κ2) is 9.21. The van der Waals surface area contributed by atoms with E-state index in [0.29, 0.717) is 17.6 Å². The summed E-state index contributed by atoms with van der Waals surface area (Å²) < 4.78 is 1.06. The van der Waals surface area contributed by atoms with Crippen LogP contribution in [0.15, 0.2) is 24.3 Å². The molecule has 1 heterocycles. The minimum Gasteiger partial charge on any atom is -0.350 e. The van der Waals surface area contributed by atoms with Crippen LogP contribution in [-0.2, 0) is 0 Å². The number of benzene rings is 1. The molecule has 0 spiro atoms. The third-order valence-corrected chi connectivity index (χ3v) is 5.20. The lowest BCUT2D eigenvalue weighted by Crippen LogP contribution is -2.34. The van der Waals surface area contributed by atoms with E-state index in [0.717, 1.165) is 23.2 Å². The van der Waals surface area contributed by atoms with E-state index >= 15 is 0 Å². The van der Waals surface area contributed by atoms with Crippen molar-refractivity contribution in [3.63, 3.8) is 0 Å². The third kappa shape index (κ3) is 5.16. The summed E-state index contributed by atoms with van der Waals surface area (Å²) in [6.07, 6.45) is 7.66. The summed E-state index contributed by atoms with van der Waals surface area (Å²) in [7, 11) is 0. The Balaban J connectivity index is 0.00000192. The van der Waals surface area contributed by atoms with Gasteiger partial charge in [0.1, 0.15) is 0 Å². The van der Waals surface area contributed by atoms with Crippen molar-refractivity contribution in [2.45, 2.75) is 44.6 Å². The summed E-state index contributed by atoms with van der Waals surface area (Å²) in [6.45, 7) is 1.68. The van der Waals surface area contributed by atoms with E-state index in [1.54, 1.807) is 0 Å². The van der Waals surface area contributed by atoms with Gasteiger partial charge in [0.15, 0.2) is 5.01 Å². The minimum absolute atomic E-state index is 0. The fraction of sp³-hybridized carbons (Fsp3) is 0.529. The largest absolute Gasteiger partial charge is 0.350 e. The van der Waals surface area contributed by atoms with Crippen LogP contribution in [0.2, 0.25) is 0 Å². The number of carbonyl (C=O) groups is 1. The molecule has 23 heavy (non-hydrogen) atoms. The predicted molar refractivity (Wildman–Crippen MR) is 98.7 cm³/mol. The van der Waals surface area contributed by atoms with Gasteiger partial charge in [0, 0.05) is 12.6 Å². The average Bonchev–Trinajstić information content (AvgIpc) is 2.99. The van der Waals surface area contributed by atoms with Crippen molar-refractivity contribution >= 4 is 39.9 Å². The molecule has 1 fully saturated rings. The molecule has 0 saturated heterocycles. The van der Waals surface area contributed by atoms with Crippen molar-refractivity contribution in [3.8, 4) is 0 Å².